The van der Waals surface area contributed by atoms with Gasteiger partial charge in [-0.05, 0) is 29.8 Å². The van der Waals surface area contributed by atoms with Gasteiger partial charge in [0.15, 0.2) is 16.7 Å². The van der Waals surface area contributed by atoms with E-state index in [1.807, 2.05) is 30.3 Å². The fourth-order valence-corrected chi connectivity index (χ4v) is 5.39. The summed E-state index contributed by atoms with van der Waals surface area (Å²) in [4.78, 5) is 35.0. The van der Waals surface area contributed by atoms with E-state index in [2.05, 4.69) is 10.3 Å². The summed E-state index contributed by atoms with van der Waals surface area (Å²) in [5.41, 5.74) is 1.65. The smallest absolute Gasteiger partial charge is 0.272 e. The van der Waals surface area contributed by atoms with Crippen molar-refractivity contribution in [2.24, 2.45) is 0 Å². The zero-order valence-electron chi connectivity index (χ0n) is 17.6. The molecule has 5 rings (SSSR count). The summed E-state index contributed by atoms with van der Waals surface area (Å²) in [5.74, 6) is -0.943. The van der Waals surface area contributed by atoms with E-state index in [0.717, 1.165) is 27.4 Å². The molecule has 0 aliphatic carbocycles. The lowest BCUT2D eigenvalue weighted by Gasteiger charge is -2.12. The van der Waals surface area contributed by atoms with E-state index in [1.165, 1.54) is 29.5 Å². The number of thiophene rings is 1. The standard InChI is InChI=1S/C24H18N4O4S2/c29-17-8-7-15(10-18(17)30)26-20(31)13-33-24-27-21-16-5-1-2-6-19(16)34-22(21)23(32)28(24)12-14-4-3-9-25-11-14/h1-11,29-30H,12-13H2,(H,26,31). The lowest BCUT2D eigenvalue weighted by atomic mass is 10.2. The summed E-state index contributed by atoms with van der Waals surface area (Å²) in [5, 5.41) is 23.1. The average Bonchev–Trinajstić information content (AvgIpc) is 3.22. The number of nitrogens with one attached hydrogen (secondary N) is 1. The Morgan fingerprint density at radius 1 is 1.09 bits per heavy atom. The predicted octanol–water partition coefficient (Wildman–Crippen LogP) is 4.20. The highest BCUT2D eigenvalue weighted by Crippen LogP contribution is 2.32. The molecule has 3 aromatic heterocycles. The van der Waals surface area contributed by atoms with Gasteiger partial charge in [-0.2, -0.15) is 0 Å². The molecule has 0 spiro atoms. The highest BCUT2D eigenvalue weighted by molar-refractivity contribution is 7.99. The molecule has 170 valence electrons. The molecule has 3 heterocycles. The average molecular weight is 491 g/mol. The van der Waals surface area contributed by atoms with Crippen molar-refractivity contribution in [2.45, 2.75) is 11.7 Å². The van der Waals surface area contributed by atoms with Gasteiger partial charge in [-0.1, -0.05) is 36.0 Å². The van der Waals surface area contributed by atoms with Crippen LogP contribution in [0.5, 0.6) is 11.5 Å². The number of aromatic hydroxyl groups is 2. The van der Waals surface area contributed by atoms with Crippen LogP contribution in [-0.4, -0.2) is 36.4 Å². The maximum atomic E-state index is 13.5. The number of phenols is 2. The summed E-state index contributed by atoms with van der Waals surface area (Å²) >= 11 is 2.56. The SMILES string of the molecule is O=C(CSc1nc2c(sc3ccccc32)c(=O)n1Cc1cccnc1)Nc1ccc(O)c(O)c1. The van der Waals surface area contributed by atoms with Gasteiger partial charge < -0.3 is 15.5 Å². The Bertz CT molecular complexity index is 1580. The van der Waals surface area contributed by atoms with Crippen LogP contribution in [0.1, 0.15) is 5.56 Å². The van der Waals surface area contributed by atoms with Crippen molar-refractivity contribution < 1.29 is 15.0 Å². The number of nitrogens with zero attached hydrogens (tertiary/aromatic N) is 3. The quantitative estimate of drug-likeness (QED) is 0.141. The zero-order chi connectivity index (χ0) is 23.7. The summed E-state index contributed by atoms with van der Waals surface area (Å²) in [6.07, 6.45) is 3.36. The molecule has 34 heavy (non-hydrogen) atoms. The number of hydrogen-bond acceptors (Lipinski definition) is 8. The summed E-state index contributed by atoms with van der Waals surface area (Å²) in [6, 6.07) is 15.4. The second-order valence-corrected chi connectivity index (χ2v) is 9.46. The molecule has 5 aromatic rings. The number of anilines is 1. The number of carbonyl (C=O) groups is 1. The van der Waals surface area contributed by atoms with Gasteiger partial charge >= 0.3 is 0 Å². The molecular formula is C24H18N4O4S2. The molecule has 10 heteroatoms. The van der Waals surface area contributed by atoms with E-state index in [1.54, 1.807) is 23.0 Å². The number of carbonyl (C=O) groups excluding carboxylic acids is 1. The first kappa shape index (κ1) is 21.9. The third-order valence-electron chi connectivity index (χ3n) is 5.10. The topological polar surface area (TPSA) is 117 Å². The van der Waals surface area contributed by atoms with Crippen molar-refractivity contribution in [2.75, 3.05) is 11.1 Å². The Labute approximate surface area is 201 Å². The molecule has 2 aromatic carbocycles. The van der Waals surface area contributed by atoms with Crippen LogP contribution in [0, 0.1) is 0 Å². The van der Waals surface area contributed by atoms with Gasteiger partial charge in [-0.25, -0.2) is 4.98 Å². The molecule has 8 nitrogen and oxygen atoms in total. The maximum Gasteiger partial charge on any atom is 0.272 e. The molecule has 0 aliphatic heterocycles. The van der Waals surface area contributed by atoms with Crippen molar-refractivity contribution in [3.63, 3.8) is 0 Å². The summed E-state index contributed by atoms with van der Waals surface area (Å²) in [7, 11) is 0. The Kier molecular flexibility index (Phi) is 5.91. The van der Waals surface area contributed by atoms with E-state index < -0.39 is 0 Å². The third kappa shape index (κ3) is 4.33. The first-order valence-corrected chi connectivity index (χ1v) is 12.1. The van der Waals surface area contributed by atoms with Gasteiger partial charge in [0, 0.05) is 34.2 Å². The van der Waals surface area contributed by atoms with Gasteiger partial charge in [0.05, 0.1) is 17.8 Å². The zero-order valence-corrected chi connectivity index (χ0v) is 19.3. The van der Waals surface area contributed by atoms with Crippen molar-refractivity contribution in [1.82, 2.24) is 14.5 Å². The third-order valence-corrected chi connectivity index (χ3v) is 7.23. The second-order valence-electron chi connectivity index (χ2n) is 7.46. The van der Waals surface area contributed by atoms with Crippen molar-refractivity contribution >= 4 is 55.0 Å². The number of aromatic nitrogens is 3. The molecule has 0 bridgehead atoms. The van der Waals surface area contributed by atoms with Crippen LogP contribution in [0.3, 0.4) is 0 Å². The first-order valence-electron chi connectivity index (χ1n) is 10.3. The largest absolute Gasteiger partial charge is 0.504 e. The van der Waals surface area contributed by atoms with E-state index in [9.17, 15) is 19.8 Å². The van der Waals surface area contributed by atoms with Crippen molar-refractivity contribution in [3.8, 4) is 11.5 Å². The molecule has 3 N–H and O–H groups in total. The van der Waals surface area contributed by atoms with Gasteiger partial charge in [0.2, 0.25) is 5.91 Å². The maximum absolute atomic E-state index is 13.5. The fraction of sp³-hybridized carbons (Fsp3) is 0.0833. The van der Waals surface area contributed by atoms with E-state index in [-0.39, 0.29) is 35.3 Å². The molecule has 0 fully saturated rings. The van der Waals surface area contributed by atoms with E-state index in [4.69, 9.17) is 4.98 Å². The minimum Gasteiger partial charge on any atom is -0.504 e. The highest BCUT2D eigenvalue weighted by Gasteiger charge is 2.18. The lowest BCUT2D eigenvalue weighted by Crippen LogP contribution is -2.24. The fourth-order valence-electron chi connectivity index (χ4n) is 3.51. The number of phenolic OH excluding ortho intramolecular Hbond substituents is 2. The molecule has 0 radical (unpaired) electrons. The van der Waals surface area contributed by atoms with Gasteiger partial charge in [-0.15, -0.1) is 11.3 Å². The second kappa shape index (κ2) is 9.16. The van der Waals surface area contributed by atoms with Crippen LogP contribution in [0.2, 0.25) is 0 Å². The molecule has 0 saturated heterocycles. The normalized spacial score (nSPS) is 11.2. The Hall–Kier alpha value is -3.89. The molecule has 0 atom stereocenters. The van der Waals surface area contributed by atoms with Crippen LogP contribution >= 0.6 is 23.1 Å². The number of fused-ring (bicyclic) bond motifs is 3. The van der Waals surface area contributed by atoms with E-state index in [0.29, 0.717) is 21.1 Å². The number of hydrogen-bond donors (Lipinski definition) is 3. The van der Waals surface area contributed by atoms with Gasteiger partial charge in [0.25, 0.3) is 5.56 Å². The van der Waals surface area contributed by atoms with Crippen LogP contribution in [0.4, 0.5) is 5.69 Å². The number of benzene rings is 2. The number of pyridine rings is 1. The molecule has 0 saturated carbocycles. The van der Waals surface area contributed by atoms with Gasteiger partial charge in [-0.3, -0.25) is 19.1 Å². The number of amides is 1. The minimum absolute atomic E-state index is 0.00526. The van der Waals surface area contributed by atoms with Crippen molar-refractivity contribution in [1.29, 1.82) is 0 Å². The monoisotopic (exact) mass is 490 g/mol. The number of thioether (sulfide) groups is 1. The molecule has 0 unspecified atom stereocenters. The minimum atomic E-state index is -0.340. The lowest BCUT2D eigenvalue weighted by molar-refractivity contribution is -0.113. The Morgan fingerprint density at radius 2 is 1.94 bits per heavy atom. The van der Waals surface area contributed by atoms with Crippen LogP contribution in [0.15, 0.2) is 76.9 Å². The van der Waals surface area contributed by atoms with Crippen LogP contribution < -0.4 is 10.9 Å². The van der Waals surface area contributed by atoms with Crippen molar-refractivity contribution in [3.05, 3.63) is 82.9 Å². The molecular weight excluding hydrogens is 472 g/mol. The molecule has 1 amide bonds. The number of rotatable bonds is 6. The Morgan fingerprint density at radius 3 is 2.74 bits per heavy atom. The van der Waals surface area contributed by atoms with Crippen LogP contribution in [-0.2, 0) is 11.3 Å². The predicted molar refractivity (Wildman–Crippen MR) is 134 cm³/mol. The highest BCUT2D eigenvalue weighted by atomic mass is 32.2. The first-order chi connectivity index (χ1) is 16.5. The Balaban J connectivity index is 1.49. The van der Waals surface area contributed by atoms with Gasteiger partial charge in [0.1, 0.15) is 4.70 Å². The van der Waals surface area contributed by atoms with Crippen LogP contribution in [0.25, 0.3) is 20.3 Å². The summed E-state index contributed by atoms with van der Waals surface area (Å²) in [6.45, 7) is 0.277. The van der Waals surface area contributed by atoms with E-state index >= 15 is 0 Å². The summed E-state index contributed by atoms with van der Waals surface area (Å²) < 4.78 is 3.11. The molecule has 0 aliphatic rings.